The maximum atomic E-state index is 12.5. The zero-order chi connectivity index (χ0) is 18.7. The van der Waals surface area contributed by atoms with Crippen LogP contribution in [0, 0.1) is 0 Å². The van der Waals surface area contributed by atoms with Gasteiger partial charge in [-0.2, -0.15) is 0 Å². The number of anilines is 1. The molecule has 0 spiro atoms. The van der Waals surface area contributed by atoms with Crippen LogP contribution in [0.3, 0.4) is 0 Å². The van der Waals surface area contributed by atoms with Gasteiger partial charge in [-0.05, 0) is 30.2 Å². The maximum Gasteiger partial charge on any atom is 0.573 e. The monoisotopic (exact) mass is 493 g/mol. The summed E-state index contributed by atoms with van der Waals surface area (Å²) in [5.41, 5.74) is 7.06. The highest BCUT2D eigenvalue weighted by Crippen LogP contribution is 2.47. The normalized spacial score (nSPS) is 19.0. The molecule has 3 rings (SSSR count). The van der Waals surface area contributed by atoms with Gasteiger partial charge in [0.15, 0.2) is 5.96 Å². The van der Waals surface area contributed by atoms with Gasteiger partial charge in [-0.25, -0.2) is 4.99 Å². The van der Waals surface area contributed by atoms with Crippen molar-refractivity contribution in [3.63, 3.8) is 0 Å². The zero-order valence-electron chi connectivity index (χ0n) is 14.4. The Labute approximate surface area is 171 Å². The number of ether oxygens (including phenoxy) is 2. The third kappa shape index (κ3) is 5.65. The molecule has 2 atom stereocenters. The van der Waals surface area contributed by atoms with E-state index < -0.39 is 6.36 Å². The number of alkyl halides is 3. The molecule has 0 aromatic heterocycles. The van der Waals surface area contributed by atoms with Crippen molar-refractivity contribution in [2.24, 2.45) is 10.7 Å². The van der Waals surface area contributed by atoms with Crippen LogP contribution in [0.4, 0.5) is 18.9 Å². The van der Waals surface area contributed by atoms with Crippen LogP contribution < -0.4 is 20.5 Å². The lowest BCUT2D eigenvalue weighted by Gasteiger charge is -2.13. The van der Waals surface area contributed by atoms with Crippen molar-refractivity contribution in [2.45, 2.75) is 24.7 Å². The first-order chi connectivity index (χ1) is 12.4. The summed E-state index contributed by atoms with van der Waals surface area (Å²) < 4.78 is 46.9. The summed E-state index contributed by atoms with van der Waals surface area (Å²) in [6, 6.07) is 13.1. The van der Waals surface area contributed by atoms with Gasteiger partial charge in [-0.15, -0.1) is 37.1 Å². The van der Waals surface area contributed by atoms with E-state index in [9.17, 15) is 13.2 Å². The average molecular weight is 493 g/mol. The highest BCUT2D eigenvalue weighted by Gasteiger charge is 2.42. The van der Waals surface area contributed by atoms with E-state index in [1.54, 1.807) is 31.4 Å². The van der Waals surface area contributed by atoms with E-state index in [0.717, 1.165) is 0 Å². The van der Waals surface area contributed by atoms with Gasteiger partial charge >= 0.3 is 6.36 Å². The Balaban J connectivity index is 0.00000261. The first-order valence-corrected chi connectivity index (χ1v) is 7.95. The van der Waals surface area contributed by atoms with Crippen LogP contribution in [0.15, 0.2) is 53.5 Å². The molecule has 0 amide bonds. The number of para-hydroxylation sites is 3. The van der Waals surface area contributed by atoms with Crippen molar-refractivity contribution in [3.05, 3.63) is 54.1 Å². The Hall–Kier alpha value is -2.17. The molecule has 5 nitrogen and oxygen atoms in total. The summed E-state index contributed by atoms with van der Waals surface area (Å²) in [5.74, 6) is 0.434. The molecule has 0 bridgehead atoms. The van der Waals surface area contributed by atoms with Crippen LogP contribution >= 0.6 is 24.0 Å². The molecule has 3 N–H and O–H groups in total. The van der Waals surface area contributed by atoms with Crippen LogP contribution in [-0.2, 0) is 0 Å². The molecular weight excluding hydrogens is 474 g/mol. The third-order valence-corrected chi connectivity index (χ3v) is 3.98. The minimum Gasteiger partial charge on any atom is -0.495 e. The molecule has 1 aliphatic carbocycles. The van der Waals surface area contributed by atoms with Crippen molar-refractivity contribution in [1.29, 1.82) is 0 Å². The number of aliphatic imine (C=N–C) groups is 1. The summed E-state index contributed by atoms with van der Waals surface area (Å²) >= 11 is 0. The third-order valence-electron chi connectivity index (χ3n) is 3.98. The molecule has 0 heterocycles. The van der Waals surface area contributed by atoms with Crippen LogP contribution in [-0.4, -0.2) is 25.5 Å². The number of rotatable bonds is 5. The van der Waals surface area contributed by atoms with Crippen molar-refractivity contribution in [1.82, 2.24) is 0 Å². The van der Waals surface area contributed by atoms with Gasteiger partial charge < -0.3 is 20.5 Å². The molecule has 2 aromatic carbocycles. The number of halogens is 4. The second-order valence-corrected chi connectivity index (χ2v) is 5.83. The fourth-order valence-corrected chi connectivity index (χ4v) is 2.76. The number of hydrogen-bond acceptors (Lipinski definition) is 3. The minimum atomic E-state index is -4.73. The van der Waals surface area contributed by atoms with E-state index in [2.05, 4.69) is 15.0 Å². The molecule has 27 heavy (non-hydrogen) atoms. The number of nitrogens with one attached hydrogen (secondary N) is 1. The molecule has 0 aliphatic heterocycles. The smallest absolute Gasteiger partial charge is 0.495 e. The lowest BCUT2D eigenvalue weighted by Crippen LogP contribution is -2.23. The van der Waals surface area contributed by atoms with Crippen molar-refractivity contribution >= 4 is 35.6 Å². The SMILES string of the molecule is COc1ccccc1NC(N)=NC1CC1c1ccccc1OC(F)(F)F.I. The number of nitrogens with zero attached hydrogens (tertiary/aromatic N) is 1. The molecule has 1 aliphatic rings. The molecule has 146 valence electrons. The molecule has 0 saturated heterocycles. The number of hydrogen-bond donors (Lipinski definition) is 2. The van der Waals surface area contributed by atoms with Gasteiger partial charge in [0.1, 0.15) is 11.5 Å². The summed E-state index contributed by atoms with van der Waals surface area (Å²) in [5, 5.41) is 2.95. The Morgan fingerprint density at radius 2 is 1.74 bits per heavy atom. The fourth-order valence-electron chi connectivity index (χ4n) is 2.76. The Bertz CT molecular complexity index is 814. The maximum absolute atomic E-state index is 12.5. The quantitative estimate of drug-likeness (QED) is 0.366. The highest BCUT2D eigenvalue weighted by atomic mass is 127. The lowest BCUT2D eigenvalue weighted by molar-refractivity contribution is -0.274. The molecule has 2 aromatic rings. The van der Waals surface area contributed by atoms with Crippen LogP contribution in [0.5, 0.6) is 11.5 Å². The minimum absolute atomic E-state index is 0. The predicted molar refractivity (Wildman–Crippen MR) is 108 cm³/mol. The number of guanidine groups is 1. The molecule has 9 heteroatoms. The molecule has 1 fully saturated rings. The summed E-state index contributed by atoms with van der Waals surface area (Å²) in [6.07, 6.45) is -4.12. The Morgan fingerprint density at radius 1 is 1.11 bits per heavy atom. The van der Waals surface area contributed by atoms with Crippen LogP contribution in [0.1, 0.15) is 17.9 Å². The van der Waals surface area contributed by atoms with E-state index in [-0.39, 0.29) is 47.6 Å². The average Bonchev–Trinajstić information content (AvgIpc) is 3.33. The topological polar surface area (TPSA) is 68.9 Å². The fraction of sp³-hybridized carbons (Fsp3) is 0.278. The number of methoxy groups -OCH3 is 1. The van der Waals surface area contributed by atoms with Crippen LogP contribution in [0.25, 0.3) is 0 Å². The van der Waals surface area contributed by atoms with Crippen molar-refractivity contribution in [2.75, 3.05) is 12.4 Å². The van der Waals surface area contributed by atoms with E-state index >= 15 is 0 Å². The van der Waals surface area contributed by atoms with Crippen molar-refractivity contribution in [3.8, 4) is 11.5 Å². The predicted octanol–water partition coefficient (Wildman–Crippen LogP) is 4.49. The van der Waals surface area contributed by atoms with E-state index in [1.165, 1.54) is 12.1 Å². The Kier molecular flexibility index (Phi) is 6.79. The van der Waals surface area contributed by atoms with Gasteiger partial charge in [0, 0.05) is 5.92 Å². The van der Waals surface area contributed by atoms with Gasteiger partial charge in [0.25, 0.3) is 0 Å². The van der Waals surface area contributed by atoms with Gasteiger partial charge in [0.2, 0.25) is 0 Å². The van der Waals surface area contributed by atoms with E-state index in [4.69, 9.17) is 10.5 Å². The van der Waals surface area contributed by atoms with E-state index in [0.29, 0.717) is 23.4 Å². The van der Waals surface area contributed by atoms with Gasteiger partial charge in [-0.3, -0.25) is 0 Å². The largest absolute Gasteiger partial charge is 0.573 e. The zero-order valence-corrected chi connectivity index (χ0v) is 16.7. The second-order valence-electron chi connectivity index (χ2n) is 5.83. The summed E-state index contributed by atoms with van der Waals surface area (Å²) in [7, 11) is 1.54. The summed E-state index contributed by atoms with van der Waals surface area (Å²) in [6.45, 7) is 0. The van der Waals surface area contributed by atoms with Gasteiger partial charge in [-0.1, -0.05) is 30.3 Å². The molecular formula is C18H19F3IN3O2. The number of nitrogens with two attached hydrogens (primary N) is 1. The molecule has 2 unspecified atom stereocenters. The first-order valence-electron chi connectivity index (χ1n) is 7.95. The summed E-state index contributed by atoms with van der Waals surface area (Å²) in [4.78, 5) is 4.35. The van der Waals surface area contributed by atoms with Gasteiger partial charge in [0.05, 0.1) is 18.8 Å². The number of benzene rings is 2. The standard InChI is InChI=1S/C18H18F3N3O2.HI/c1-25-16-9-5-3-7-13(16)23-17(22)24-14-10-12(14)11-6-2-4-8-15(11)26-18(19,20)21;/h2-9,12,14H,10H2,1H3,(H3,22,23,24);1H. The van der Waals surface area contributed by atoms with Crippen LogP contribution in [0.2, 0.25) is 0 Å². The van der Waals surface area contributed by atoms with E-state index in [1.807, 2.05) is 12.1 Å². The highest BCUT2D eigenvalue weighted by molar-refractivity contribution is 14.0. The van der Waals surface area contributed by atoms with Crippen molar-refractivity contribution < 1.29 is 22.6 Å². The second kappa shape index (κ2) is 8.68. The molecule has 0 radical (unpaired) electrons. The molecule has 1 saturated carbocycles. The first kappa shape index (κ1) is 21.1. The Morgan fingerprint density at radius 3 is 2.41 bits per heavy atom. The lowest BCUT2D eigenvalue weighted by atomic mass is 10.1.